The maximum absolute atomic E-state index is 12.9. The van der Waals surface area contributed by atoms with Gasteiger partial charge in [-0.1, -0.05) is 24.3 Å². The summed E-state index contributed by atoms with van der Waals surface area (Å²) in [6.45, 7) is -1.92. The molecule has 9 nitrogen and oxygen atoms in total. The van der Waals surface area contributed by atoms with Crippen LogP contribution in [-0.2, 0) is 26.4 Å². The van der Waals surface area contributed by atoms with Gasteiger partial charge in [0.1, 0.15) is 17.8 Å². The Morgan fingerprint density at radius 3 is 2.30 bits per heavy atom. The van der Waals surface area contributed by atoms with E-state index >= 15 is 0 Å². The lowest BCUT2D eigenvalue weighted by Crippen LogP contribution is -2.43. The van der Waals surface area contributed by atoms with Crippen LogP contribution >= 0.6 is 0 Å². The van der Waals surface area contributed by atoms with E-state index in [0.29, 0.717) is 16.7 Å². The van der Waals surface area contributed by atoms with E-state index in [1.807, 2.05) is 0 Å². The van der Waals surface area contributed by atoms with Crippen molar-refractivity contribution in [2.45, 2.75) is 25.6 Å². The van der Waals surface area contributed by atoms with E-state index in [-0.39, 0.29) is 12.3 Å². The second-order valence-corrected chi connectivity index (χ2v) is 7.31. The summed E-state index contributed by atoms with van der Waals surface area (Å²) in [5.74, 6) is -1.80. The molecule has 1 atom stereocenters. The number of hydrogen-bond donors (Lipinski definition) is 2. The molecule has 0 bridgehead atoms. The first-order valence-corrected chi connectivity index (χ1v) is 9.77. The van der Waals surface area contributed by atoms with E-state index < -0.39 is 42.5 Å². The molecule has 2 N–H and O–H groups in total. The fourth-order valence-corrected chi connectivity index (χ4v) is 3.28. The van der Waals surface area contributed by atoms with Crippen molar-refractivity contribution in [2.24, 2.45) is 0 Å². The van der Waals surface area contributed by atoms with Gasteiger partial charge in [0.2, 0.25) is 5.91 Å². The Morgan fingerprint density at radius 2 is 1.73 bits per heavy atom. The molecule has 1 aliphatic rings. The molecule has 11 heteroatoms. The number of benzene rings is 2. The highest BCUT2D eigenvalue weighted by atomic mass is 19.3. The first-order valence-electron chi connectivity index (χ1n) is 9.77. The zero-order chi connectivity index (χ0) is 24.2. The Morgan fingerprint density at radius 1 is 1.09 bits per heavy atom. The van der Waals surface area contributed by atoms with E-state index in [2.05, 4.69) is 20.1 Å². The maximum Gasteiger partial charge on any atom is 0.387 e. The van der Waals surface area contributed by atoms with Crippen LogP contribution in [0.5, 0.6) is 5.75 Å². The Kier molecular flexibility index (Phi) is 6.90. The van der Waals surface area contributed by atoms with Gasteiger partial charge in [-0.2, -0.15) is 8.78 Å². The van der Waals surface area contributed by atoms with Gasteiger partial charge < -0.3 is 20.1 Å². The molecule has 33 heavy (non-hydrogen) atoms. The number of nitrogens with one attached hydrogen (secondary N) is 2. The average molecular weight is 461 g/mol. The quantitative estimate of drug-likeness (QED) is 0.460. The highest BCUT2D eigenvalue weighted by Gasteiger charge is 2.49. The molecule has 0 saturated carbocycles. The summed E-state index contributed by atoms with van der Waals surface area (Å²) in [6.07, 6.45) is 0. The minimum absolute atomic E-state index is 0.0926. The predicted octanol–water partition coefficient (Wildman–Crippen LogP) is 2.16. The van der Waals surface area contributed by atoms with Crippen LogP contribution in [0.15, 0.2) is 48.5 Å². The molecule has 0 aliphatic carbocycles. The summed E-state index contributed by atoms with van der Waals surface area (Å²) in [5, 5.41) is 5.14. The zero-order valence-corrected chi connectivity index (χ0v) is 17.8. The number of hydrogen-bond acceptors (Lipinski definition) is 6. The largest absolute Gasteiger partial charge is 0.465 e. The van der Waals surface area contributed by atoms with Crippen LogP contribution in [0.4, 0.5) is 13.6 Å². The Balaban J connectivity index is 1.61. The second kappa shape index (κ2) is 9.63. The van der Waals surface area contributed by atoms with Crippen molar-refractivity contribution in [2.75, 3.05) is 13.7 Å². The van der Waals surface area contributed by atoms with Gasteiger partial charge in [-0.05, 0) is 42.3 Å². The fraction of sp³-hybridized carbons (Fsp3) is 0.273. The molecule has 1 aliphatic heterocycles. The average Bonchev–Trinajstić information content (AvgIpc) is 3.01. The molecule has 2 aromatic carbocycles. The zero-order valence-electron chi connectivity index (χ0n) is 17.8. The standard InChI is InChI=1S/C22H21F2N3O6/c1-22(15-7-9-16(10-8-15)33-20(23)24)19(30)27(21(31)26-22)12-17(28)25-11-13-3-5-14(6-4-13)18(29)32-2/h3-10,20H,11-12H2,1-2H3,(H,25,28)(H,26,31)/t22-/m0/s1. The molecule has 1 fully saturated rings. The Labute approximate surface area is 187 Å². The van der Waals surface area contributed by atoms with Gasteiger partial charge >= 0.3 is 18.6 Å². The highest BCUT2D eigenvalue weighted by molar-refractivity contribution is 6.09. The summed E-state index contributed by atoms with van der Waals surface area (Å²) in [6, 6.07) is 10.9. The number of carbonyl (C=O) groups excluding carboxylic acids is 4. The van der Waals surface area contributed by atoms with Crippen LogP contribution in [0.3, 0.4) is 0 Å². The normalized spacial score (nSPS) is 17.7. The molecule has 4 amide bonds. The van der Waals surface area contributed by atoms with Crippen LogP contribution in [-0.4, -0.2) is 49.0 Å². The van der Waals surface area contributed by atoms with E-state index in [4.69, 9.17) is 0 Å². The first kappa shape index (κ1) is 23.6. The molecule has 2 aromatic rings. The SMILES string of the molecule is COC(=O)c1ccc(CNC(=O)CN2C(=O)N[C@@](C)(c3ccc(OC(F)F)cc3)C2=O)cc1. The van der Waals surface area contributed by atoms with Crippen LogP contribution in [0.2, 0.25) is 0 Å². The summed E-state index contributed by atoms with van der Waals surface area (Å²) in [5.41, 5.74) is -0.0648. The lowest BCUT2D eigenvalue weighted by molar-refractivity contribution is -0.134. The molecule has 174 valence electrons. The Hall–Kier alpha value is -4.02. The number of nitrogens with zero attached hydrogens (tertiary/aromatic N) is 1. The van der Waals surface area contributed by atoms with Crippen LogP contribution in [0, 0.1) is 0 Å². The minimum Gasteiger partial charge on any atom is -0.465 e. The molecule has 0 unspecified atom stereocenters. The number of urea groups is 1. The maximum atomic E-state index is 12.9. The molecular weight excluding hydrogens is 440 g/mol. The van der Waals surface area contributed by atoms with Crippen LogP contribution in [0.1, 0.15) is 28.4 Å². The van der Waals surface area contributed by atoms with Gasteiger partial charge in [-0.15, -0.1) is 0 Å². The number of methoxy groups -OCH3 is 1. The van der Waals surface area contributed by atoms with Crippen LogP contribution in [0.25, 0.3) is 0 Å². The number of ether oxygens (including phenoxy) is 2. The fourth-order valence-electron chi connectivity index (χ4n) is 3.28. The third-order valence-corrected chi connectivity index (χ3v) is 5.10. The van der Waals surface area contributed by atoms with Crippen molar-refractivity contribution < 1.29 is 37.4 Å². The molecular formula is C22H21F2N3O6. The number of alkyl halides is 2. The number of carbonyl (C=O) groups is 4. The third kappa shape index (κ3) is 5.25. The van der Waals surface area contributed by atoms with Gasteiger partial charge in [-0.3, -0.25) is 14.5 Å². The summed E-state index contributed by atoms with van der Waals surface area (Å²) in [4.78, 5) is 49.8. The molecule has 1 heterocycles. The van der Waals surface area contributed by atoms with E-state index in [1.165, 1.54) is 38.3 Å². The van der Waals surface area contributed by atoms with E-state index in [9.17, 15) is 28.0 Å². The summed E-state index contributed by atoms with van der Waals surface area (Å²) >= 11 is 0. The van der Waals surface area contributed by atoms with Gasteiger partial charge in [0.05, 0.1) is 12.7 Å². The monoisotopic (exact) mass is 461 g/mol. The summed E-state index contributed by atoms with van der Waals surface area (Å²) in [7, 11) is 1.27. The highest BCUT2D eigenvalue weighted by Crippen LogP contribution is 2.30. The number of imide groups is 1. The predicted molar refractivity (Wildman–Crippen MR) is 110 cm³/mol. The van der Waals surface area contributed by atoms with Crippen molar-refractivity contribution >= 4 is 23.8 Å². The van der Waals surface area contributed by atoms with Gasteiger partial charge in [0, 0.05) is 6.54 Å². The number of esters is 1. The lowest BCUT2D eigenvalue weighted by atomic mass is 9.92. The van der Waals surface area contributed by atoms with Crippen molar-refractivity contribution in [3.05, 3.63) is 65.2 Å². The number of rotatable bonds is 8. The number of amides is 4. The smallest absolute Gasteiger partial charge is 0.387 e. The van der Waals surface area contributed by atoms with Gasteiger partial charge in [0.25, 0.3) is 5.91 Å². The minimum atomic E-state index is -2.99. The van der Waals surface area contributed by atoms with E-state index in [0.717, 1.165) is 4.90 Å². The molecule has 3 rings (SSSR count). The molecule has 0 radical (unpaired) electrons. The summed E-state index contributed by atoms with van der Waals surface area (Å²) < 4.78 is 33.5. The van der Waals surface area contributed by atoms with Crippen LogP contribution < -0.4 is 15.4 Å². The molecule has 0 spiro atoms. The first-order chi connectivity index (χ1) is 15.6. The number of halogens is 2. The third-order valence-electron chi connectivity index (χ3n) is 5.10. The van der Waals surface area contributed by atoms with E-state index in [1.54, 1.807) is 24.3 Å². The second-order valence-electron chi connectivity index (χ2n) is 7.31. The molecule has 1 saturated heterocycles. The van der Waals surface area contributed by atoms with Gasteiger partial charge in [0.15, 0.2) is 0 Å². The topological polar surface area (TPSA) is 114 Å². The lowest BCUT2D eigenvalue weighted by Gasteiger charge is -2.22. The van der Waals surface area contributed by atoms with Crippen molar-refractivity contribution in [3.8, 4) is 5.75 Å². The van der Waals surface area contributed by atoms with Gasteiger partial charge in [-0.25, -0.2) is 9.59 Å². The molecule has 0 aromatic heterocycles. The van der Waals surface area contributed by atoms with Crippen molar-refractivity contribution in [1.29, 1.82) is 0 Å². The van der Waals surface area contributed by atoms with Crippen molar-refractivity contribution in [3.63, 3.8) is 0 Å². The van der Waals surface area contributed by atoms with Crippen molar-refractivity contribution in [1.82, 2.24) is 15.5 Å². The Bertz CT molecular complexity index is 1060.